The van der Waals surface area contributed by atoms with E-state index in [0.29, 0.717) is 32.0 Å². The van der Waals surface area contributed by atoms with Gasteiger partial charge in [-0.25, -0.2) is 9.37 Å². The van der Waals surface area contributed by atoms with Gasteiger partial charge in [0.15, 0.2) is 5.76 Å². The van der Waals surface area contributed by atoms with Crippen molar-refractivity contribution in [2.45, 2.75) is 32.1 Å². The highest BCUT2D eigenvalue weighted by Crippen LogP contribution is 2.35. The molecule has 1 atom stereocenters. The van der Waals surface area contributed by atoms with Gasteiger partial charge in [0, 0.05) is 6.54 Å². The third-order valence-corrected chi connectivity index (χ3v) is 5.59. The van der Waals surface area contributed by atoms with Crippen LogP contribution in [-0.4, -0.2) is 39.0 Å². The number of benzene rings is 1. The summed E-state index contributed by atoms with van der Waals surface area (Å²) in [6, 6.07) is 9.92. The van der Waals surface area contributed by atoms with E-state index in [1.165, 1.54) is 12.1 Å². The number of fused-ring (bicyclic) bond motifs is 1. The Kier molecular flexibility index (Phi) is 3.87. The molecule has 1 amide bonds. The molecule has 2 aliphatic rings. The number of aromatic nitrogens is 2. The quantitative estimate of drug-likeness (QED) is 0.683. The lowest BCUT2D eigenvalue weighted by atomic mass is 10.0. The Balaban J connectivity index is 1.39. The lowest BCUT2D eigenvalue weighted by molar-refractivity contribution is -0.0805. The van der Waals surface area contributed by atoms with Crippen molar-refractivity contribution in [3.63, 3.8) is 0 Å². The molecule has 0 bridgehead atoms. The first-order chi connectivity index (χ1) is 13.5. The summed E-state index contributed by atoms with van der Waals surface area (Å²) in [6.07, 6.45) is 2.55. The Bertz CT molecular complexity index is 1040. The smallest absolute Gasteiger partial charge is 0.289 e. The number of furan rings is 1. The summed E-state index contributed by atoms with van der Waals surface area (Å²) < 4.78 is 27.1. The number of hydrogen-bond acceptors (Lipinski definition) is 4. The van der Waals surface area contributed by atoms with Crippen LogP contribution in [0.25, 0.3) is 11.3 Å². The molecule has 0 aliphatic carbocycles. The average Bonchev–Trinajstić information content (AvgIpc) is 3.41. The highest BCUT2D eigenvalue weighted by Gasteiger charge is 2.45. The summed E-state index contributed by atoms with van der Waals surface area (Å²) in [7, 11) is 0. The number of nitrogens with zero attached hydrogens (tertiary/aromatic N) is 3. The number of ether oxygens (including phenoxy) is 1. The molecule has 0 unspecified atom stereocenters. The van der Waals surface area contributed by atoms with Crippen LogP contribution in [0.15, 0.2) is 47.0 Å². The highest BCUT2D eigenvalue weighted by molar-refractivity contribution is 5.91. The van der Waals surface area contributed by atoms with Gasteiger partial charge >= 0.3 is 0 Å². The predicted molar refractivity (Wildman–Crippen MR) is 99.1 cm³/mol. The molecule has 1 saturated heterocycles. The van der Waals surface area contributed by atoms with Crippen molar-refractivity contribution in [1.29, 1.82) is 0 Å². The Morgan fingerprint density at radius 3 is 2.75 bits per heavy atom. The van der Waals surface area contributed by atoms with Crippen LogP contribution in [0.2, 0.25) is 0 Å². The standard InChI is InChI=1S/C21H20FN3O3/c1-14-2-7-18(28-14)20(26)24-9-8-21(12-24)13-25-17(10-23-19(25)11-27-21)15-3-5-16(22)6-4-15/h2-7,10H,8-9,11-13H2,1H3/t21-/m0/s1. The molecule has 28 heavy (non-hydrogen) atoms. The fraction of sp³-hybridized carbons (Fsp3) is 0.333. The van der Waals surface area contributed by atoms with Crippen molar-refractivity contribution in [3.8, 4) is 11.3 Å². The van der Waals surface area contributed by atoms with Gasteiger partial charge in [-0.15, -0.1) is 0 Å². The molecule has 2 aliphatic heterocycles. The van der Waals surface area contributed by atoms with E-state index in [0.717, 1.165) is 29.3 Å². The van der Waals surface area contributed by atoms with E-state index in [1.807, 2.05) is 6.92 Å². The molecule has 7 heteroatoms. The minimum atomic E-state index is -0.445. The van der Waals surface area contributed by atoms with E-state index in [-0.39, 0.29) is 11.7 Å². The number of imidazole rings is 1. The molecule has 0 N–H and O–H groups in total. The van der Waals surface area contributed by atoms with Crippen LogP contribution < -0.4 is 0 Å². The van der Waals surface area contributed by atoms with Gasteiger partial charge in [0.1, 0.15) is 29.6 Å². The van der Waals surface area contributed by atoms with Gasteiger partial charge in [0.25, 0.3) is 5.91 Å². The molecule has 4 heterocycles. The van der Waals surface area contributed by atoms with Crippen LogP contribution in [0.5, 0.6) is 0 Å². The largest absolute Gasteiger partial charge is 0.456 e. The number of amides is 1. The van der Waals surface area contributed by atoms with Gasteiger partial charge in [0.05, 0.1) is 25.0 Å². The number of carbonyl (C=O) groups is 1. The molecule has 1 fully saturated rings. The average molecular weight is 381 g/mol. The summed E-state index contributed by atoms with van der Waals surface area (Å²) in [5.41, 5.74) is 1.40. The molecule has 2 aromatic heterocycles. The van der Waals surface area contributed by atoms with Gasteiger partial charge in [0.2, 0.25) is 0 Å². The Morgan fingerprint density at radius 2 is 2.00 bits per heavy atom. The first-order valence-corrected chi connectivity index (χ1v) is 9.33. The van der Waals surface area contributed by atoms with Gasteiger partial charge in [-0.3, -0.25) is 4.79 Å². The zero-order valence-corrected chi connectivity index (χ0v) is 15.5. The van der Waals surface area contributed by atoms with Crippen molar-refractivity contribution in [3.05, 3.63) is 65.8 Å². The maximum atomic E-state index is 13.3. The van der Waals surface area contributed by atoms with E-state index in [4.69, 9.17) is 9.15 Å². The number of hydrogen-bond donors (Lipinski definition) is 0. The maximum Gasteiger partial charge on any atom is 0.289 e. The van der Waals surface area contributed by atoms with Crippen LogP contribution in [-0.2, 0) is 17.9 Å². The zero-order chi connectivity index (χ0) is 19.3. The van der Waals surface area contributed by atoms with Gasteiger partial charge in [-0.2, -0.15) is 0 Å². The summed E-state index contributed by atoms with van der Waals surface area (Å²) in [5.74, 6) is 1.55. The molecule has 6 nitrogen and oxygen atoms in total. The molecule has 5 rings (SSSR count). The maximum absolute atomic E-state index is 13.3. The molecule has 144 valence electrons. The first-order valence-electron chi connectivity index (χ1n) is 9.33. The van der Waals surface area contributed by atoms with E-state index in [1.54, 1.807) is 35.4 Å². The molecule has 1 aromatic carbocycles. The van der Waals surface area contributed by atoms with Gasteiger partial charge in [-0.1, -0.05) is 0 Å². The molecular formula is C21H20FN3O3. The summed E-state index contributed by atoms with van der Waals surface area (Å²) in [5, 5.41) is 0. The highest BCUT2D eigenvalue weighted by atomic mass is 19.1. The molecule has 3 aromatic rings. The lowest BCUT2D eigenvalue weighted by Crippen LogP contribution is -2.45. The fourth-order valence-corrected chi connectivity index (χ4v) is 4.08. The predicted octanol–water partition coefficient (Wildman–Crippen LogP) is 3.41. The second-order valence-corrected chi connectivity index (χ2v) is 7.51. The van der Waals surface area contributed by atoms with E-state index in [9.17, 15) is 9.18 Å². The summed E-state index contributed by atoms with van der Waals surface area (Å²) in [6.45, 7) is 3.95. The third kappa shape index (κ3) is 2.82. The normalized spacial score (nSPS) is 21.3. The van der Waals surface area contributed by atoms with Crippen LogP contribution in [0, 0.1) is 12.7 Å². The molecular weight excluding hydrogens is 361 g/mol. The molecule has 0 radical (unpaired) electrons. The summed E-state index contributed by atoms with van der Waals surface area (Å²) >= 11 is 0. The number of rotatable bonds is 2. The van der Waals surface area contributed by atoms with Gasteiger partial charge < -0.3 is 18.6 Å². The monoisotopic (exact) mass is 381 g/mol. The van der Waals surface area contributed by atoms with Crippen LogP contribution in [0.3, 0.4) is 0 Å². The van der Waals surface area contributed by atoms with Crippen molar-refractivity contribution in [2.24, 2.45) is 0 Å². The topological polar surface area (TPSA) is 60.5 Å². The Hall–Kier alpha value is -2.93. The van der Waals surface area contributed by atoms with Crippen LogP contribution >= 0.6 is 0 Å². The van der Waals surface area contributed by atoms with Crippen LogP contribution in [0.4, 0.5) is 4.39 Å². The number of aryl methyl sites for hydroxylation is 1. The minimum absolute atomic E-state index is 0.108. The number of likely N-dealkylation sites (tertiary alicyclic amines) is 1. The molecule has 0 saturated carbocycles. The lowest BCUT2D eigenvalue weighted by Gasteiger charge is -2.35. The van der Waals surface area contributed by atoms with E-state index < -0.39 is 5.60 Å². The molecule has 1 spiro atoms. The Morgan fingerprint density at radius 1 is 1.18 bits per heavy atom. The second-order valence-electron chi connectivity index (χ2n) is 7.51. The van der Waals surface area contributed by atoms with Crippen molar-refractivity contribution in [1.82, 2.24) is 14.5 Å². The Labute approximate surface area is 161 Å². The van der Waals surface area contributed by atoms with Gasteiger partial charge in [-0.05, 0) is 55.3 Å². The van der Waals surface area contributed by atoms with Crippen molar-refractivity contribution >= 4 is 5.91 Å². The zero-order valence-electron chi connectivity index (χ0n) is 15.5. The number of carbonyl (C=O) groups excluding carboxylic acids is 1. The minimum Gasteiger partial charge on any atom is -0.456 e. The fourth-order valence-electron chi connectivity index (χ4n) is 4.08. The third-order valence-electron chi connectivity index (χ3n) is 5.59. The first kappa shape index (κ1) is 17.2. The van der Waals surface area contributed by atoms with Crippen LogP contribution in [0.1, 0.15) is 28.6 Å². The number of halogens is 1. The second kappa shape index (κ2) is 6.31. The SMILES string of the molecule is Cc1ccc(C(=O)N2CC[C@]3(C2)Cn2c(-c4ccc(F)cc4)cnc2CO3)o1. The summed E-state index contributed by atoms with van der Waals surface area (Å²) in [4.78, 5) is 19.0. The van der Waals surface area contributed by atoms with E-state index >= 15 is 0 Å². The van der Waals surface area contributed by atoms with Crippen molar-refractivity contribution in [2.75, 3.05) is 13.1 Å². The van der Waals surface area contributed by atoms with Crippen molar-refractivity contribution < 1.29 is 18.3 Å². The van der Waals surface area contributed by atoms with E-state index in [2.05, 4.69) is 9.55 Å².